The third-order valence-corrected chi connectivity index (χ3v) is 10.0. The monoisotopic (exact) mass is 616 g/mol. The fraction of sp³-hybridized carbons (Fsp3) is 0.545. The molecule has 2 N–H and O–H groups in total. The number of carbonyl (C=O) groups is 1. The van der Waals surface area contributed by atoms with E-state index in [2.05, 4.69) is 31.8 Å². The van der Waals surface area contributed by atoms with Gasteiger partial charge in [0.15, 0.2) is 5.79 Å². The lowest BCUT2D eigenvalue weighted by Crippen LogP contribution is -2.34. The van der Waals surface area contributed by atoms with Crippen molar-refractivity contribution in [3.63, 3.8) is 0 Å². The summed E-state index contributed by atoms with van der Waals surface area (Å²) in [6.45, 7) is 12.6. The fourth-order valence-electron chi connectivity index (χ4n) is 4.80. The predicted molar refractivity (Wildman–Crippen MR) is 171 cm³/mol. The van der Waals surface area contributed by atoms with Crippen LogP contribution in [0.25, 0.3) is 0 Å². The summed E-state index contributed by atoms with van der Waals surface area (Å²) >= 11 is 1.67. The number of ether oxygens (including phenoxy) is 4. The van der Waals surface area contributed by atoms with E-state index in [1.807, 2.05) is 38.1 Å². The summed E-state index contributed by atoms with van der Waals surface area (Å²) in [6, 6.07) is 16.5. The molecule has 1 aliphatic rings. The van der Waals surface area contributed by atoms with Crippen molar-refractivity contribution in [3.05, 3.63) is 71.8 Å². The minimum atomic E-state index is -1.36. The van der Waals surface area contributed by atoms with E-state index in [4.69, 9.17) is 18.9 Å². The summed E-state index contributed by atoms with van der Waals surface area (Å²) in [6.07, 6.45) is 2.80. The number of rotatable bonds is 15. The van der Waals surface area contributed by atoms with Crippen molar-refractivity contribution in [3.8, 4) is 5.75 Å². The van der Waals surface area contributed by atoms with E-state index in [1.54, 1.807) is 50.1 Å². The minimum absolute atomic E-state index is 0.127. The van der Waals surface area contributed by atoms with Gasteiger partial charge in [-0.05, 0) is 82.0 Å². The highest BCUT2D eigenvalue weighted by Gasteiger charge is 2.44. The summed E-state index contributed by atoms with van der Waals surface area (Å²) in [4.78, 5) is 14.5. The van der Waals surface area contributed by atoms with Crippen molar-refractivity contribution in [2.24, 2.45) is 0 Å². The molecule has 7 nitrogen and oxygen atoms in total. The average Bonchev–Trinajstić information content (AvgIpc) is 3.24. The van der Waals surface area contributed by atoms with Crippen LogP contribution in [0.1, 0.15) is 61.2 Å². The van der Waals surface area contributed by atoms with Gasteiger partial charge >= 0.3 is 5.97 Å². The first-order valence-electron chi connectivity index (χ1n) is 14.7. The highest BCUT2D eigenvalue weighted by molar-refractivity contribution is 7.99. The van der Waals surface area contributed by atoms with Gasteiger partial charge in [-0.15, -0.1) is 11.8 Å². The Morgan fingerprint density at radius 3 is 2.48 bits per heavy atom. The third-order valence-electron chi connectivity index (χ3n) is 7.01. The number of carbonyl (C=O) groups excluding carboxylic acids is 1. The van der Waals surface area contributed by atoms with Crippen LogP contribution in [0.15, 0.2) is 65.6 Å². The van der Waals surface area contributed by atoms with Crippen LogP contribution in [0.4, 0.5) is 0 Å². The second-order valence-corrected chi connectivity index (χ2v) is 19.4. The molecule has 0 bridgehead atoms. The maximum Gasteiger partial charge on any atom is 0.338 e. The minimum Gasteiger partial charge on any atom is -0.497 e. The lowest BCUT2D eigenvalue weighted by Gasteiger charge is -2.24. The largest absolute Gasteiger partial charge is 0.497 e. The van der Waals surface area contributed by atoms with E-state index in [-0.39, 0.29) is 17.3 Å². The molecule has 1 saturated heterocycles. The first kappa shape index (κ1) is 34.3. The van der Waals surface area contributed by atoms with E-state index >= 15 is 0 Å². The Kier molecular flexibility index (Phi) is 12.7. The van der Waals surface area contributed by atoms with Crippen LogP contribution < -0.4 is 4.74 Å². The lowest BCUT2D eigenvalue weighted by atomic mass is 9.97. The van der Waals surface area contributed by atoms with Crippen molar-refractivity contribution in [1.29, 1.82) is 0 Å². The summed E-state index contributed by atoms with van der Waals surface area (Å²) in [7, 11) is 0.257. The van der Waals surface area contributed by atoms with E-state index in [0.29, 0.717) is 37.2 Å². The quantitative estimate of drug-likeness (QED) is 0.0955. The van der Waals surface area contributed by atoms with Crippen LogP contribution in [-0.2, 0) is 14.2 Å². The van der Waals surface area contributed by atoms with Crippen LogP contribution >= 0.6 is 11.8 Å². The topological polar surface area (TPSA) is 94.5 Å². The van der Waals surface area contributed by atoms with Crippen LogP contribution in [0, 0.1) is 0 Å². The van der Waals surface area contributed by atoms with Gasteiger partial charge in [-0.3, -0.25) is 0 Å². The molecule has 2 aromatic rings. The van der Waals surface area contributed by atoms with Gasteiger partial charge in [0.1, 0.15) is 18.0 Å². The van der Waals surface area contributed by atoms with Gasteiger partial charge in [-0.1, -0.05) is 50.0 Å². The number of hydrogen-bond acceptors (Lipinski definition) is 8. The van der Waals surface area contributed by atoms with Crippen LogP contribution in [0.3, 0.4) is 0 Å². The second-order valence-electron chi connectivity index (χ2n) is 12.5. The Balaban J connectivity index is 1.89. The summed E-state index contributed by atoms with van der Waals surface area (Å²) in [5.74, 6) is -0.513. The van der Waals surface area contributed by atoms with E-state index in [1.165, 1.54) is 0 Å². The molecule has 42 heavy (non-hydrogen) atoms. The van der Waals surface area contributed by atoms with Crippen molar-refractivity contribution in [1.82, 2.24) is 0 Å². The molecule has 232 valence electrons. The van der Waals surface area contributed by atoms with Gasteiger partial charge in [-0.2, -0.15) is 0 Å². The molecule has 1 heterocycles. The molecule has 0 aromatic heterocycles. The van der Waals surface area contributed by atoms with E-state index in [9.17, 15) is 15.0 Å². The molecule has 0 amide bonds. The van der Waals surface area contributed by atoms with E-state index in [0.717, 1.165) is 16.5 Å². The molecule has 1 aliphatic heterocycles. The number of hydrogen-bond donors (Lipinski definition) is 2. The Morgan fingerprint density at radius 2 is 1.83 bits per heavy atom. The number of aliphatic hydroxyl groups excluding tert-OH is 2. The zero-order valence-electron chi connectivity index (χ0n) is 26.0. The Labute approximate surface area is 256 Å². The molecule has 0 spiro atoms. The number of thioether (sulfide) groups is 1. The molecule has 9 heteroatoms. The Morgan fingerprint density at radius 1 is 1.12 bits per heavy atom. The SMILES string of the molecule is COc1ccc(C(=O)OCC[Si](C)(C)C)c(C(CC[C@@H]2OC(C)(C)O[C@@H]2C(O)/C=C\C[C@H](C)O)Sc2ccccc2)c1. The summed E-state index contributed by atoms with van der Waals surface area (Å²) in [5, 5.41) is 20.4. The lowest BCUT2D eigenvalue weighted by molar-refractivity contribution is -0.152. The molecule has 2 aromatic carbocycles. The molecule has 2 unspecified atom stereocenters. The van der Waals surface area contributed by atoms with Crippen molar-refractivity contribution in [2.75, 3.05) is 13.7 Å². The van der Waals surface area contributed by atoms with Gasteiger partial charge in [0, 0.05) is 18.2 Å². The Bertz CT molecular complexity index is 1160. The van der Waals surface area contributed by atoms with Gasteiger partial charge in [0.2, 0.25) is 0 Å². The maximum atomic E-state index is 13.4. The summed E-state index contributed by atoms with van der Waals surface area (Å²) < 4.78 is 23.7. The first-order valence-corrected chi connectivity index (χ1v) is 19.3. The standard InChI is InChI=1S/C33H48O7SSi/c1-23(34)12-11-15-28(35)31-29(39-33(2,3)40-31)18-19-30(41-25-13-9-8-10-14-25)27-22-24(37-4)16-17-26(27)32(36)38-20-21-42(5,6)7/h8-11,13-17,22-23,28-31,34-35H,12,18-21H2,1-7H3/b15-11-/t23-,28?,29-,30?,31+/m0/s1. The zero-order chi connectivity index (χ0) is 30.9. The summed E-state index contributed by atoms with van der Waals surface area (Å²) in [5.41, 5.74) is 1.37. The first-order chi connectivity index (χ1) is 19.8. The van der Waals surface area contributed by atoms with Crippen LogP contribution in [0.5, 0.6) is 5.75 Å². The Hall–Kier alpha value is -2.14. The smallest absolute Gasteiger partial charge is 0.338 e. The molecular weight excluding hydrogens is 569 g/mol. The molecule has 1 fully saturated rings. The van der Waals surface area contributed by atoms with Crippen LogP contribution in [-0.4, -0.2) is 68.2 Å². The normalized spacial score (nSPS) is 20.8. The van der Waals surface area contributed by atoms with Gasteiger partial charge in [0.05, 0.1) is 31.5 Å². The zero-order valence-corrected chi connectivity index (χ0v) is 27.9. The van der Waals surface area contributed by atoms with Crippen LogP contribution in [0.2, 0.25) is 25.7 Å². The molecule has 0 aliphatic carbocycles. The fourth-order valence-corrected chi connectivity index (χ4v) is 6.74. The van der Waals surface area contributed by atoms with Gasteiger partial charge in [0.25, 0.3) is 0 Å². The number of aliphatic hydroxyl groups is 2. The number of methoxy groups -OCH3 is 1. The highest BCUT2D eigenvalue weighted by Crippen LogP contribution is 2.43. The molecular formula is C33H48O7SSi. The van der Waals surface area contributed by atoms with Crippen molar-refractivity contribution >= 4 is 25.8 Å². The molecule has 5 atom stereocenters. The molecule has 0 saturated carbocycles. The molecule has 3 rings (SSSR count). The molecule has 0 radical (unpaired) electrons. The highest BCUT2D eigenvalue weighted by atomic mass is 32.2. The van der Waals surface area contributed by atoms with Crippen molar-refractivity contribution in [2.45, 2.75) is 106 Å². The third kappa shape index (κ3) is 10.8. The van der Waals surface area contributed by atoms with E-state index < -0.39 is 32.2 Å². The predicted octanol–water partition coefficient (Wildman–Crippen LogP) is 7.01. The number of esters is 1. The van der Waals surface area contributed by atoms with Crippen molar-refractivity contribution < 1.29 is 34.0 Å². The number of benzene rings is 2. The second kappa shape index (κ2) is 15.5. The van der Waals surface area contributed by atoms with Gasteiger partial charge in [-0.25, -0.2) is 4.79 Å². The maximum absolute atomic E-state index is 13.4. The van der Waals surface area contributed by atoms with Gasteiger partial charge < -0.3 is 29.2 Å². The average molecular weight is 617 g/mol.